The molecule has 3 heterocycles. The maximum absolute atomic E-state index is 12.2. The van der Waals surface area contributed by atoms with Crippen molar-refractivity contribution in [2.75, 3.05) is 32.7 Å². The van der Waals surface area contributed by atoms with Gasteiger partial charge in [0.05, 0.1) is 0 Å². The molecule has 0 bridgehead atoms. The second kappa shape index (κ2) is 5.69. The van der Waals surface area contributed by atoms with Crippen LogP contribution in [0.25, 0.3) is 11.2 Å². The average molecular weight is 306 g/mol. The number of aryl methyl sites for hydroxylation is 2. The molecular weight excluding hydrogens is 284 g/mol. The van der Waals surface area contributed by atoms with Crippen molar-refractivity contribution in [2.24, 2.45) is 21.1 Å². The summed E-state index contributed by atoms with van der Waals surface area (Å²) in [5, 5.41) is 3.33. The first-order chi connectivity index (χ1) is 10.5. The summed E-state index contributed by atoms with van der Waals surface area (Å²) in [6.07, 6.45) is 0.766. The van der Waals surface area contributed by atoms with Crippen molar-refractivity contribution in [1.82, 2.24) is 28.9 Å². The van der Waals surface area contributed by atoms with E-state index in [9.17, 15) is 9.59 Å². The highest BCUT2D eigenvalue weighted by molar-refractivity contribution is 5.70. The zero-order valence-electron chi connectivity index (χ0n) is 13.3. The minimum atomic E-state index is -0.331. The average Bonchev–Trinajstić information content (AvgIpc) is 2.87. The molecular formula is C14H22N6O2. The van der Waals surface area contributed by atoms with E-state index in [1.807, 2.05) is 11.6 Å². The van der Waals surface area contributed by atoms with E-state index in [2.05, 4.69) is 15.2 Å². The summed E-state index contributed by atoms with van der Waals surface area (Å²) >= 11 is 0. The van der Waals surface area contributed by atoms with Gasteiger partial charge in [-0.1, -0.05) is 0 Å². The third-order valence-corrected chi connectivity index (χ3v) is 4.42. The first kappa shape index (κ1) is 15.0. The van der Waals surface area contributed by atoms with Gasteiger partial charge in [0.25, 0.3) is 5.56 Å². The van der Waals surface area contributed by atoms with Crippen LogP contribution in [0, 0.1) is 0 Å². The summed E-state index contributed by atoms with van der Waals surface area (Å²) < 4.78 is 4.45. The fourth-order valence-corrected chi connectivity index (χ4v) is 3.04. The molecule has 8 heteroatoms. The SMILES string of the molecule is Cn1c(=O)c2nc(CCN3CCNCC3)n(C)c2n(C)c1=O. The molecule has 1 fully saturated rings. The Morgan fingerprint density at radius 3 is 2.41 bits per heavy atom. The first-order valence-corrected chi connectivity index (χ1v) is 7.55. The van der Waals surface area contributed by atoms with Gasteiger partial charge < -0.3 is 14.8 Å². The van der Waals surface area contributed by atoms with Crippen molar-refractivity contribution < 1.29 is 0 Å². The van der Waals surface area contributed by atoms with Crippen LogP contribution < -0.4 is 16.6 Å². The minimum absolute atomic E-state index is 0.325. The topological polar surface area (TPSA) is 77.1 Å². The highest BCUT2D eigenvalue weighted by Crippen LogP contribution is 2.10. The van der Waals surface area contributed by atoms with Gasteiger partial charge in [-0.2, -0.15) is 0 Å². The van der Waals surface area contributed by atoms with Crippen LogP contribution in [0.1, 0.15) is 5.82 Å². The van der Waals surface area contributed by atoms with Crippen molar-refractivity contribution >= 4 is 11.2 Å². The molecule has 2 aromatic rings. The van der Waals surface area contributed by atoms with E-state index < -0.39 is 0 Å². The predicted octanol–water partition coefficient (Wildman–Crippen LogP) is -1.58. The number of hydrogen-bond acceptors (Lipinski definition) is 5. The number of nitrogens with one attached hydrogen (secondary N) is 1. The molecule has 2 aromatic heterocycles. The lowest BCUT2D eigenvalue weighted by Gasteiger charge is -2.26. The van der Waals surface area contributed by atoms with Crippen LogP contribution in [0.2, 0.25) is 0 Å². The normalized spacial score (nSPS) is 16.5. The lowest BCUT2D eigenvalue weighted by atomic mass is 10.3. The molecule has 0 atom stereocenters. The van der Waals surface area contributed by atoms with E-state index in [1.165, 1.54) is 11.6 Å². The van der Waals surface area contributed by atoms with Crippen LogP contribution in [0.4, 0.5) is 0 Å². The lowest BCUT2D eigenvalue weighted by Crippen LogP contribution is -2.44. The van der Waals surface area contributed by atoms with Gasteiger partial charge in [-0.05, 0) is 0 Å². The molecule has 3 rings (SSSR count). The van der Waals surface area contributed by atoms with Crippen molar-refractivity contribution in [3.63, 3.8) is 0 Å². The van der Waals surface area contributed by atoms with E-state index >= 15 is 0 Å². The van der Waals surface area contributed by atoms with Crippen LogP contribution in [0.3, 0.4) is 0 Å². The molecule has 1 N–H and O–H groups in total. The molecule has 120 valence electrons. The number of piperazine rings is 1. The third-order valence-electron chi connectivity index (χ3n) is 4.42. The van der Waals surface area contributed by atoms with E-state index in [4.69, 9.17) is 0 Å². The number of aromatic nitrogens is 4. The van der Waals surface area contributed by atoms with E-state index in [-0.39, 0.29) is 11.2 Å². The van der Waals surface area contributed by atoms with Crippen LogP contribution in [0.15, 0.2) is 9.59 Å². The number of fused-ring (bicyclic) bond motifs is 1. The van der Waals surface area contributed by atoms with Crippen LogP contribution in [-0.4, -0.2) is 56.3 Å². The molecule has 8 nitrogen and oxygen atoms in total. The maximum atomic E-state index is 12.2. The highest BCUT2D eigenvalue weighted by Gasteiger charge is 2.17. The molecule has 0 amide bonds. The second-order valence-corrected chi connectivity index (χ2v) is 5.81. The maximum Gasteiger partial charge on any atom is 0.332 e. The monoisotopic (exact) mass is 306 g/mol. The van der Waals surface area contributed by atoms with E-state index in [1.54, 1.807) is 7.05 Å². The van der Waals surface area contributed by atoms with Gasteiger partial charge >= 0.3 is 5.69 Å². The number of nitrogens with zero attached hydrogens (tertiary/aromatic N) is 5. The molecule has 0 aromatic carbocycles. The summed E-state index contributed by atoms with van der Waals surface area (Å²) in [4.78, 5) is 31.1. The summed E-state index contributed by atoms with van der Waals surface area (Å²) in [7, 11) is 5.02. The molecule has 1 aliphatic heterocycles. The predicted molar refractivity (Wildman–Crippen MR) is 84.2 cm³/mol. The molecule has 0 spiro atoms. The molecule has 0 radical (unpaired) electrons. The fourth-order valence-electron chi connectivity index (χ4n) is 3.04. The van der Waals surface area contributed by atoms with Gasteiger partial charge in [-0.3, -0.25) is 13.9 Å². The summed E-state index contributed by atoms with van der Waals surface area (Å²) in [5.41, 5.74) is 0.294. The van der Waals surface area contributed by atoms with Gasteiger partial charge in [0.2, 0.25) is 0 Å². The quantitative estimate of drug-likeness (QED) is 0.740. The minimum Gasteiger partial charge on any atom is -0.317 e. The Bertz CT molecular complexity index is 809. The van der Waals surface area contributed by atoms with Crippen molar-refractivity contribution in [3.05, 3.63) is 26.7 Å². The lowest BCUT2D eigenvalue weighted by molar-refractivity contribution is 0.242. The summed E-state index contributed by atoms with van der Waals surface area (Å²) in [5.74, 6) is 0.840. The zero-order chi connectivity index (χ0) is 15.9. The number of imidazole rings is 1. The smallest absolute Gasteiger partial charge is 0.317 e. The molecule has 1 aliphatic rings. The van der Waals surface area contributed by atoms with Gasteiger partial charge in [-0.15, -0.1) is 0 Å². The van der Waals surface area contributed by atoms with Crippen LogP contribution >= 0.6 is 0 Å². The van der Waals surface area contributed by atoms with Gasteiger partial charge in [-0.25, -0.2) is 9.78 Å². The number of rotatable bonds is 3. The van der Waals surface area contributed by atoms with Gasteiger partial charge in [0.15, 0.2) is 5.52 Å². The number of hydrogen-bond donors (Lipinski definition) is 1. The first-order valence-electron chi connectivity index (χ1n) is 7.55. The van der Waals surface area contributed by atoms with Crippen molar-refractivity contribution in [2.45, 2.75) is 6.42 Å². The van der Waals surface area contributed by atoms with Crippen molar-refractivity contribution in [3.8, 4) is 0 Å². The Labute approximate surface area is 128 Å². The van der Waals surface area contributed by atoms with Gasteiger partial charge in [0.1, 0.15) is 11.5 Å². The van der Waals surface area contributed by atoms with Crippen LogP contribution in [-0.2, 0) is 27.6 Å². The largest absolute Gasteiger partial charge is 0.332 e. The Balaban J connectivity index is 1.96. The molecule has 0 unspecified atom stereocenters. The third kappa shape index (κ3) is 2.38. The Kier molecular flexibility index (Phi) is 3.88. The molecule has 0 aliphatic carbocycles. The Morgan fingerprint density at radius 1 is 1.05 bits per heavy atom. The molecule has 1 saturated heterocycles. The second-order valence-electron chi connectivity index (χ2n) is 5.81. The molecule has 0 saturated carbocycles. The Hall–Kier alpha value is -1.93. The zero-order valence-corrected chi connectivity index (χ0v) is 13.3. The van der Waals surface area contributed by atoms with Crippen LogP contribution in [0.5, 0.6) is 0 Å². The van der Waals surface area contributed by atoms with Crippen molar-refractivity contribution in [1.29, 1.82) is 0 Å². The summed E-state index contributed by atoms with van der Waals surface area (Å²) in [6.45, 7) is 5.00. The highest BCUT2D eigenvalue weighted by atomic mass is 16.2. The Morgan fingerprint density at radius 2 is 1.73 bits per heavy atom. The van der Waals surface area contributed by atoms with E-state index in [0.29, 0.717) is 11.2 Å². The summed E-state index contributed by atoms with van der Waals surface area (Å²) in [6, 6.07) is 0. The standard InChI is InChI=1S/C14H22N6O2/c1-17-10(4-7-20-8-5-15-6-9-20)16-11-12(17)18(2)14(22)19(3)13(11)21/h15H,4-9H2,1-3H3. The molecule has 22 heavy (non-hydrogen) atoms. The fraction of sp³-hybridized carbons (Fsp3) is 0.643. The van der Waals surface area contributed by atoms with E-state index in [0.717, 1.165) is 49.5 Å². The van der Waals surface area contributed by atoms with Gasteiger partial charge in [0, 0.05) is 60.3 Å².